The molecule has 0 aliphatic carbocycles. The molecule has 2 aliphatic rings. The summed E-state index contributed by atoms with van der Waals surface area (Å²) in [5.74, 6) is 0. The van der Waals surface area contributed by atoms with Crippen molar-refractivity contribution in [3.05, 3.63) is 59.8 Å². The summed E-state index contributed by atoms with van der Waals surface area (Å²) in [6.45, 7) is 5.70. The van der Waals surface area contributed by atoms with Gasteiger partial charge in [-0.15, -0.1) is 0 Å². The number of rotatable bonds is 2. The summed E-state index contributed by atoms with van der Waals surface area (Å²) in [5, 5.41) is 1.42. The number of fused-ring (bicyclic) bond motifs is 3. The molecule has 134 valence electrons. The van der Waals surface area contributed by atoms with Crippen molar-refractivity contribution < 1.29 is 4.74 Å². The molecule has 1 fully saturated rings. The average Bonchev–Trinajstić information content (AvgIpc) is 3.01. The van der Waals surface area contributed by atoms with Crippen LogP contribution in [-0.4, -0.2) is 37.4 Å². The number of hydrogen-bond acceptors (Lipinski definition) is 3. The third kappa shape index (κ3) is 2.56. The summed E-state index contributed by atoms with van der Waals surface area (Å²) in [6.07, 6.45) is 1.11. The van der Waals surface area contributed by atoms with Crippen LogP contribution in [0.2, 0.25) is 0 Å². The maximum Gasteiger partial charge on any atom is 0.0642 e. The summed E-state index contributed by atoms with van der Waals surface area (Å²) in [7, 11) is 2.20. The molecule has 1 saturated heterocycles. The number of hydrogen-bond donors (Lipinski definition) is 0. The SMILES string of the molecule is Cn1c2c(c3ccccc31)CCN(c1ccc(N3CCOCC3)cc1)C2. The molecule has 4 heteroatoms. The molecule has 0 spiro atoms. The van der Waals surface area contributed by atoms with E-state index >= 15 is 0 Å². The van der Waals surface area contributed by atoms with E-state index in [2.05, 4.69) is 69.9 Å². The minimum absolute atomic E-state index is 0.831. The van der Waals surface area contributed by atoms with Crippen LogP contribution in [-0.2, 0) is 24.8 Å². The zero-order chi connectivity index (χ0) is 17.5. The molecule has 0 unspecified atom stereocenters. The van der Waals surface area contributed by atoms with Crippen LogP contribution in [0.4, 0.5) is 11.4 Å². The first-order chi connectivity index (χ1) is 12.8. The van der Waals surface area contributed by atoms with Gasteiger partial charge in [-0.2, -0.15) is 0 Å². The molecule has 3 aromatic rings. The lowest BCUT2D eigenvalue weighted by atomic mass is 10.0. The van der Waals surface area contributed by atoms with Gasteiger partial charge in [0, 0.05) is 54.7 Å². The fourth-order valence-corrected chi connectivity index (χ4v) is 4.43. The molecule has 0 bridgehead atoms. The van der Waals surface area contributed by atoms with E-state index < -0.39 is 0 Å². The zero-order valence-electron chi connectivity index (χ0n) is 15.3. The van der Waals surface area contributed by atoms with Crippen molar-refractivity contribution in [1.82, 2.24) is 4.57 Å². The summed E-state index contributed by atoms with van der Waals surface area (Å²) in [5.41, 5.74) is 6.96. The third-order valence-corrected chi connectivity index (χ3v) is 5.91. The van der Waals surface area contributed by atoms with Crippen LogP contribution in [0.5, 0.6) is 0 Å². The second-order valence-electron chi connectivity index (χ2n) is 7.29. The van der Waals surface area contributed by atoms with Crippen molar-refractivity contribution in [3.8, 4) is 0 Å². The first-order valence-electron chi connectivity index (χ1n) is 9.54. The highest BCUT2D eigenvalue weighted by molar-refractivity contribution is 5.86. The van der Waals surface area contributed by atoms with Crippen LogP contribution >= 0.6 is 0 Å². The molecule has 5 rings (SSSR count). The number of nitrogens with zero attached hydrogens (tertiary/aromatic N) is 3. The van der Waals surface area contributed by atoms with E-state index in [0.29, 0.717) is 0 Å². The molecule has 0 atom stereocenters. The van der Waals surface area contributed by atoms with Gasteiger partial charge in [0.05, 0.1) is 19.8 Å². The molecule has 2 aromatic carbocycles. The number of para-hydroxylation sites is 1. The second kappa shape index (κ2) is 6.36. The van der Waals surface area contributed by atoms with E-state index in [-0.39, 0.29) is 0 Å². The number of morpholine rings is 1. The number of aryl methyl sites for hydroxylation is 1. The van der Waals surface area contributed by atoms with Gasteiger partial charge in [0.2, 0.25) is 0 Å². The Balaban J connectivity index is 1.40. The summed E-state index contributed by atoms with van der Waals surface area (Å²) >= 11 is 0. The third-order valence-electron chi connectivity index (χ3n) is 5.91. The fourth-order valence-electron chi connectivity index (χ4n) is 4.43. The topological polar surface area (TPSA) is 20.6 Å². The van der Waals surface area contributed by atoms with Crippen molar-refractivity contribution in [2.45, 2.75) is 13.0 Å². The quantitative estimate of drug-likeness (QED) is 0.707. The Morgan fingerprint density at radius 3 is 2.27 bits per heavy atom. The molecular formula is C22H25N3O. The average molecular weight is 347 g/mol. The predicted octanol–water partition coefficient (Wildman–Crippen LogP) is 3.58. The summed E-state index contributed by atoms with van der Waals surface area (Å²) in [4.78, 5) is 4.91. The maximum atomic E-state index is 5.46. The second-order valence-corrected chi connectivity index (χ2v) is 7.29. The lowest BCUT2D eigenvalue weighted by molar-refractivity contribution is 0.122. The van der Waals surface area contributed by atoms with E-state index in [0.717, 1.165) is 45.8 Å². The van der Waals surface area contributed by atoms with Gasteiger partial charge in [-0.05, 0) is 42.3 Å². The van der Waals surface area contributed by atoms with E-state index in [1.165, 1.54) is 33.5 Å². The smallest absolute Gasteiger partial charge is 0.0642 e. The summed E-state index contributed by atoms with van der Waals surface area (Å²) < 4.78 is 7.83. The van der Waals surface area contributed by atoms with Gasteiger partial charge >= 0.3 is 0 Å². The van der Waals surface area contributed by atoms with Gasteiger partial charge in [-0.25, -0.2) is 0 Å². The van der Waals surface area contributed by atoms with Gasteiger partial charge < -0.3 is 19.1 Å². The van der Waals surface area contributed by atoms with Gasteiger partial charge in [0.25, 0.3) is 0 Å². The van der Waals surface area contributed by atoms with E-state index in [9.17, 15) is 0 Å². The van der Waals surface area contributed by atoms with Crippen LogP contribution in [0.25, 0.3) is 10.9 Å². The Bertz CT molecular complexity index is 922. The van der Waals surface area contributed by atoms with Crippen LogP contribution in [0, 0.1) is 0 Å². The normalized spacial score (nSPS) is 17.6. The number of aromatic nitrogens is 1. The Kier molecular flexibility index (Phi) is 3.86. The van der Waals surface area contributed by atoms with Crippen molar-refractivity contribution in [3.63, 3.8) is 0 Å². The van der Waals surface area contributed by atoms with Crippen LogP contribution in [0.1, 0.15) is 11.3 Å². The highest BCUT2D eigenvalue weighted by Crippen LogP contribution is 2.32. The van der Waals surface area contributed by atoms with Gasteiger partial charge in [0.15, 0.2) is 0 Å². The van der Waals surface area contributed by atoms with E-state index in [1.54, 1.807) is 0 Å². The van der Waals surface area contributed by atoms with Crippen molar-refractivity contribution >= 4 is 22.3 Å². The molecule has 0 saturated carbocycles. The number of anilines is 2. The molecule has 3 heterocycles. The Labute approximate surface area is 154 Å². The minimum Gasteiger partial charge on any atom is -0.378 e. The zero-order valence-corrected chi connectivity index (χ0v) is 15.3. The Hall–Kier alpha value is -2.46. The van der Waals surface area contributed by atoms with Crippen molar-refractivity contribution in [2.75, 3.05) is 42.6 Å². The van der Waals surface area contributed by atoms with Crippen molar-refractivity contribution in [2.24, 2.45) is 7.05 Å². The predicted molar refractivity (Wildman–Crippen MR) is 107 cm³/mol. The molecule has 2 aliphatic heterocycles. The number of ether oxygens (including phenoxy) is 1. The monoisotopic (exact) mass is 347 g/mol. The highest BCUT2D eigenvalue weighted by Gasteiger charge is 2.23. The van der Waals surface area contributed by atoms with E-state index in [4.69, 9.17) is 4.74 Å². The fraction of sp³-hybridized carbons (Fsp3) is 0.364. The first-order valence-corrected chi connectivity index (χ1v) is 9.54. The van der Waals surface area contributed by atoms with Crippen LogP contribution in [0.3, 0.4) is 0 Å². The molecule has 0 amide bonds. The molecule has 0 radical (unpaired) electrons. The largest absolute Gasteiger partial charge is 0.378 e. The number of benzene rings is 2. The maximum absolute atomic E-state index is 5.46. The lowest BCUT2D eigenvalue weighted by Gasteiger charge is -2.32. The van der Waals surface area contributed by atoms with Crippen molar-refractivity contribution in [1.29, 1.82) is 0 Å². The highest BCUT2D eigenvalue weighted by atomic mass is 16.5. The standard InChI is InChI=1S/C22H25N3O/c1-23-21-5-3-2-4-19(21)20-10-11-25(16-22(20)23)18-8-6-17(7-9-18)24-12-14-26-15-13-24/h2-9H,10-16H2,1H3. The molecule has 0 N–H and O–H groups in total. The lowest BCUT2D eigenvalue weighted by Crippen LogP contribution is -2.36. The van der Waals surface area contributed by atoms with Crippen LogP contribution in [0.15, 0.2) is 48.5 Å². The Morgan fingerprint density at radius 2 is 1.50 bits per heavy atom. The van der Waals surface area contributed by atoms with E-state index in [1.807, 2.05) is 0 Å². The molecule has 26 heavy (non-hydrogen) atoms. The molecule has 1 aromatic heterocycles. The van der Waals surface area contributed by atoms with Crippen LogP contribution < -0.4 is 9.80 Å². The first kappa shape index (κ1) is 15.8. The molecular weight excluding hydrogens is 322 g/mol. The summed E-state index contributed by atoms with van der Waals surface area (Å²) in [6, 6.07) is 17.9. The molecule has 4 nitrogen and oxygen atoms in total. The van der Waals surface area contributed by atoms with Gasteiger partial charge in [-0.1, -0.05) is 18.2 Å². The van der Waals surface area contributed by atoms with Gasteiger partial charge in [-0.3, -0.25) is 0 Å². The Morgan fingerprint density at radius 1 is 0.808 bits per heavy atom. The van der Waals surface area contributed by atoms with Gasteiger partial charge in [0.1, 0.15) is 0 Å². The minimum atomic E-state index is 0.831.